The summed E-state index contributed by atoms with van der Waals surface area (Å²) in [6.45, 7) is 8.24. The fraction of sp³-hybridized carbons (Fsp3) is 0.560. The molecule has 2 aromatic heterocycles. The molecule has 1 fully saturated rings. The molecule has 10 heteroatoms. The Labute approximate surface area is 204 Å². The Hall–Kier alpha value is -2.88. The van der Waals surface area contributed by atoms with Crippen LogP contribution >= 0.6 is 0 Å². The van der Waals surface area contributed by atoms with Crippen molar-refractivity contribution >= 4 is 23.3 Å². The second kappa shape index (κ2) is 11.7. The van der Waals surface area contributed by atoms with Crippen LogP contribution < -0.4 is 10.2 Å². The molecule has 2 aromatic rings. The number of pyridine rings is 2. The van der Waals surface area contributed by atoms with E-state index in [2.05, 4.69) is 29.0 Å². The number of rotatable bonds is 9. The number of aromatic nitrogens is 2. The van der Waals surface area contributed by atoms with Crippen molar-refractivity contribution in [2.45, 2.75) is 58.2 Å². The summed E-state index contributed by atoms with van der Waals surface area (Å²) in [5, 5.41) is 3.18. The molecule has 0 spiro atoms. The van der Waals surface area contributed by atoms with Crippen molar-refractivity contribution < 1.29 is 27.4 Å². The molecule has 0 saturated carbocycles. The molecule has 3 heterocycles. The van der Waals surface area contributed by atoms with Gasteiger partial charge in [-0.05, 0) is 48.4 Å². The first-order valence-electron chi connectivity index (χ1n) is 11.8. The van der Waals surface area contributed by atoms with Gasteiger partial charge >= 0.3 is 12.1 Å². The molecule has 192 valence electrons. The normalized spacial score (nSPS) is 15.7. The number of alkyl halides is 3. The van der Waals surface area contributed by atoms with Crippen LogP contribution in [-0.4, -0.2) is 48.8 Å². The smallest absolute Gasteiger partial charge is 0.417 e. The van der Waals surface area contributed by atoms with E-state index < -0.39 is 11.7 Å². The third kappa shape index (κ3) is 7.30. The third-order valence-electron chi connectivity index (χ3n) is 5.98. The average molecular weight is 495 g/mol. The summed E-state index contributed by atoms with van der Waals surface area (Å²) in [5.41, 5.74) is 0.620. The minimum atomic E-state index is -4.46. The van der Waals surface area contributed by atoms with Crippen LogP contribution in [0, 0.1) is 5.92 Å². The highest BCUT2D eigenvalue weighted by Gasteiger charge is 2.31. The first-order chi connectivity index (χ1) is 16.6. The maximum atomic E-state index is 13.0. The van der Waals surface area contributed by atoms with E-state index in [1.807, 2.05) is 13.0 Å². The van der Waals surface area contributed by atoms with Gasteiger partial charge in [0.25, 0.3) is 0 Å². The van der Waals surface area contributed by atoms with Crippen LogP contribution in [0.4, 0.5) is 30.5 Å². The summed E-state index contributed by atoms with van der Waals surface area (Å²) in [5.74, 6) is 0.835. The Bertz CT molecular complexity index is 977. The van der Waals surface area contributed by atoms with Crippen LogP contribution in [0.15, 0.2) is 30.6 Å². The van der Waals surface area contributed by atoms with Crippen LogP contribution in [0.25, 0.3) is 0 Å². The van der Waals surface area contributed by atoms with E-state index in [0.717, 1.165) is 37.2 Å². The Kier molecular flexibility index (Phi) is 8.93. The zero-order valence-corrected chi connectivity index (χ0v) is 20.6. The van der Waals surface area contributed by atoms with E-state index in [4.69, 9.17) is 14.5 Å². The zero-order valence-electron chi connectivity index (χ0n) is 20.6. The summed E-state index contributed by atoms with van der Waals surface area (Å²) in [6.07, 6.45) is -0.00598. The minimum Gasteiger partial charge on any atom is -0.469 e. The molecule has 35 heavy (non-hydrogen) atoms. The van der Waals surface area contributed by atoms with Gasteiger partial charge in [0.05, 0.1) is 24.8 Å². The number of nitrogens with one attached hydrogen (secondary N) is 1. The van der Waals surface area contributed by atoms with Gasteiger partial charge in [-0.25, -0.2) is 9.97 Å². The van der Waals surface area contributed by atoms with Crippen LogP contribution in [0.2, 0.25) is 0 Å². The van der Waals surface area contributed by atoms with Gasteiger partial charge in [0, 0.05) is 38.2 Å². The summed E-state index contributed by atoms with van der Waals surface area (Å²) in [7, 11) is 1.34. The van der Waals surface area contributed by atoms with Gasteiger partial charge in [-0.2, -0.15) is 13.2 Å². The number of anilines is 3. The predicted octanol–water partition coefficient (Wildman–Crippen LogP) is 5.55. The zero-order chi connectivity index (χ0) is 25.6. The van der Waals surface area contributed by atoms with E-state index in [1.54, 1.807) is 6.20 Å². The molecule has 0 aliphatic carbocycles. The maximum Gasteiger partial charge on any atom is 0.417 e. The fourth-order valence-electron chi connectivity index (χ4n) is 4.09. The van der Waals surface area contributed by atoms with Crippen LogP contribution in [0.3, 0.4) is 0 Å². The van der Waals surface area contributed by atoms with Crippen molar-refractivity contribution in [3.63, 3.8) is 0 Å². The lowest BCUT2D eigenvalue weighted by atomic mass is 9.98. The van der Waals surface area contributed by atoms with Gasteiger partial charge in [-0.15, -0.1) is 0 Å². The topological polar surface area (TPSA) is 76.6 Å². The van der Waals surface area contributed by atoms with E-state index in [1.165, 1.54) is 13.2 Å². The lowest BCUT2D eigenvalue weighted by Crippen LogP contribution is -2.42. The molecule has 7 nitrogen and oxygen atoms in total. The van der Waals surface area contributed by atoms with Crippen molar-refractivity contribution in [1.29, 1.82) is 0 Å². The minimum absolute atomic E-state index is 0.160. The Morgan fingerprint density at radius 3 is 2.49 bits per heavy atom. The molecule has 3 rings (SSSR count). The third-order valence-corrected chi connectivity index (χ3v) is 5.98. The summed E-state index contributed by atoms with van der Waals surface area (Å²) >= 11 is 0. The summed E-state index contributed by atoms with van der Waals surface area (Å²) in [6, 6.07) is 4.41. The molecule has 1 aliphatic heterocycles. The Morgan fingerprint density at radius 1 is 1.20 bits per heavy atom. The van der Waals surface area contributed by atoms with Gasteiger partial charge < -0.3 is 19.7 Å². The van der Waals surface area contributed by atoms with Crippen molar-refractivity contribution in [3.05, 3.63) is 41.7 Å². The molecule has 1 aliphatic rings. The summed E-state index contributed by atoms with van der Waals surface area (Å²) < 4.78 is 49.3. The number of nitrogens with zero attached hydrogens (tertiary/aromatic N) is 3. The number of hydrogen-bond acceptors (Lipinski definition) is 7. The molecule has 1 atom stereocenters. The number of ether oxygens (including phenoxy) is 2. The largest absolute Gasteiger partial charge is 0.469 e. The number of hydrogen-bond donors (Lipinski definition) is 1. The molecular formula is C25H33F3N4O3. The monoisotopic (exact) mass is 494 g/mol. The Balaban J connectivity index is 2.00. The van der Waals surface area contributed by atoms with Gasteiger partial charge in [0.15, 0.2) is 5.82 Å². The molecule has 1 saturated heterocycles. The van der Waals surface area contributed by atoms with Gasteiger partial charge in [-0.3, -0.25) is 4.79 Å². The number of carbonyl (C=O) groups is 1. The maximum absolute atomic E-state index is 13.0. The second-order valence-electron chi connectivity index (χ2n) is 9.27. The van der Waals surface area contributed by atoms with Gasteiger partial charge in [-0.1, -0.05) is 20.8 Å². The highest BCUT2D eigenvalue weighted by molar-refractivity contribution is 5.73. The number of esters is 1. The van der Waals surface area contributed by atoms with E-state index in [9.17, 15) is 18.0 Å². The van der Waals surface area contributed by atoms with Crippen molar-refractivity contribution in [3.8, 4) is 0 Å². The van der Waals surface area contributed by atoms with Crippen molar-refractivity contribution in [2.24, 2.45) is 5.92 Å². The predicted molar refractivity (Wildman–Crippen MR) is 128 cm³/mol. The van der Waals surface area contributed by atoms with Crippen LogP contribution in [0.5, 0.6) is 0 Å². The molecule has 0 amide bonds. The molecule has 0 bridgehead atoms. The lowest BCUT2D eigenvalue weighted by molar-refractivity contribution is -0.141. The average Bonchev–Trinajstić information content (AvgIpc) is 2.82. The number of halogens is 3. The fourth-order valence-corrected chi connectivity index (χ4v) is 4.09. The quantitative estimate of drug-likeness (QED) is 0.458. The Morgan fingerprint density at radius 2 is 1.91 bits per heavy atom. The molecule has 0 radical (unpaired) electrons. The second-order valence-corrected chi connectivity index (χ2v) is 9.27. The molecular weight excluding hydrogens is 461 g/mol. The summed E-state index contributed by atoms with van der Waals surface area (Å²) in [4.78, 5) is 22.8. The van der Waals surface area contributed by atoms with Gasteiger partial charge in [0.1, 0.15) is 5.82 Å². The van der Waals surface area contributed by atoms with Crippen LogP contribution in [0.1, 0.15) is 57.1 Å². The van der Waals surface area contributed by atoms with Crippen molar-refractivity contribution in [2.75, 3.05) is 37.1 Å². The van der Waals surface area contributed by atoms with Crippen molar-refractivity contribution in [1.82, 2.24) is 9.97 Å². The van der Waals surface area contributed by atoms with Crippen LogP contribution in [-0.2, 0) is 20.4 Å². The number of methoxy groups -OCH3 is 1. The SMILES string of the molecule is COC(=O)CC(C)c1cnc(N(CC(C)C)C2CCOCC2)c(Nc2ccc(C(F)(F)F)cn2)c1. The highest BCUT2D eigenvalue weighted by atomic mass is 19.4. The number of carbonyl (C=O) groups excluding carboxylic acids is 1. The first-order valence-corrected chi connectivity index (χ1v) is 11.8. The molecule has 1 N–H and O–H groups in total. The molecule has 0 aromatic carbocycles. The van der Waals surface area contributed by atoms with E-state index >= 15 is 0 Å². The van der Waals surface area contributed by atoms with E-state index in [-0.39, 0.29) is 30.2 Å². The van der Waals surface area contributed by atoms with Gasteiger partial charge in [0.2, 0.25) is 0 Å². The first kappa shape index (κ1) is 26.7. The highest BCUT2D eigenvalue weighted by Crippen LogP contribution is 2.35. The standard InChI is InChI=1S/C25H33F3N4O3/c1-16(2)15-32(20-7-9-35-10-8-20)24-21(12-18(13-30-24)17(3)11-23(33)34-4)31-22-6-5-19(14-29-22)25(26,27)28/h5-6,12-14,16-17,20H,7-11,15H2,1-4H3,(H,29,31). The lowest BCUT2D eigenvalue weighted by Gasteiger charge is -2.37. The van der Waals surface area contributed by atoms with E-state index in [0.29, 0.717) is 30.6 Å². The molecule has 1 unspecified atom stereocenters.